The Morgan fingerprint density at radius 1 is 1.09 bits per heavy atom. The molecule has 1 aliphatic heterocycles. The molecule has 1 aromatic rings. The van der Waals surface area contributed by atoms with Crippen molar-refractivity contribution in [3.8, 4) is 5.75 Å². The van der Waals surface area contributed by atoms with Gasteiger partial charge in [-0.1, -0.05) is 42.5 Å². The molecule has 2 aliphatic rings. The number of nitrogens with two attached hydrogens (primary N) is 1. The molecule has 0 bridgehead atoms. The molecule has 6 heteroatoms. The van der Waals surface area contributed by atoms with Crippen molar-refractivity contribution in [2.24, 2.45) is 5.92 Å². The highest BCUT2D eigenvalue weighted by Gasteiger charge is 2.29. The van der Waals surface area contributed by atoms with Gasteiger partial charge in [0.25, 0.3) is 0 Å². The lowest BCUT2D eigenvalue weighted by Gasteiger charge is -2.33. The van der Waals surface area contributed by atoms with Crippen molar-refractivity contribution in [3.63, 3.8) is 0 Å². The van der Waals surface area contributed by atoms with E-state index in [0.29, 0.717) is 39.0 Å². The third-order valence-corrected chi connectivity index (χ3v) is 4.94. The van der Waals surface area contributed by atoms with Crippen molar-refractivity contribution in [2.45, 2.75) is 38.1 Å². The molecule has 1 aliphatic carbocycles. The monoisotopic (exact) mass is 354 g/mol. The van der Waals surface area contributed by atoms with Crippen LogP contribution in [0.15, 0.2) is 35.9 Å². The molecule has 1 fully saturated rings. The van der Waals surface area contributed by atoms with E-state index in [4.69, 9.17) is 33.7 Å². The molecule has 23 heavy (non-hydrogen) atoms. The van der Waals surface area contributed by atoms with E-state index in [1.54, 1.807) is 24.3 Å². The van der Waals surface area contributed by atoms with E-state index in [2.05, 4.69) is 5.32 Å². The zero-order valence-electron chi connectivity index (χ0n) is 12.7. The van der Waals surface area contributed by atoms with Gasteiger partial charge in [-0.3, -0.25) is 0 Å². The summed E-state index contributed by atoms with van der Waals surface area (Å²) >= 11 is 12.3. The summed E-state index contributed by atoms with van der Waals surface area (Å²) in [6.45, 7) is 0. The van der Waals surface area contributed by atoms with E-state index in [-0.39, 0.29) is 6.04 Å². The second-order valence-electron chi connectivity index (χ2n) is 6.06. The number of nitrogen functional groups attached to an aromatic ring is 1. The quantitative estimate of drug-likeness (QED) is 0.682. The Hall–Kier alpha value is -1.52. The number of dihydropyridines is 1. The van der Waals surface area contributed by atoms with E-state index in [1.807, 2.05) is 0 Å². The lowest BCUT2D eigenvalue weighted by Crippen LogP contribution is -2.41. The van der Waals surface area contributed by atoms with Crippen LogP contribution in [-0.4, -0.2) is 11.1 Å². The molecule has 4 N–H and O–H groups in total. The van der Waals surface area contributed by atoms with Crippen LogP contribution in [0.2, 0.25) is 10.0 Å². The van der Waals surface area contributed by atoms with E-state index < -0.39 is 0 Å². The molecule has 124 valence electrons. The second kappa shape index (κ2) is 6.93. The first-order valence-corrected chi connectivity index (χ1v) is 8.60. The lowest BCUT2D eigenvalue weighted by atomic mass is 9.82. The molecule has 4 nitrogen and oxygen atoms in total. The molecule has 0 spiro atoms. The number of nitrogens with one attached hydrogen (secondary N) is 1. The van der Waals surface area contributed by atoms with Crippen molar-refractivity contribution in [2.75, 3.05) is 5.73 Å². The average molecular weight is 355 g/mol. The van der Waals surface area contributed by atoms with Gasteiger partial charge < -0.3 is 20.9 Å². The van der Waals surface area contributed by atoms with Crippen LogP contribution in [-0.2, 0) is 0 Å². The van der Waals surface area contributed by atoms with Gasteiger partial charge in [0.15, 0.2) is 11.6 Å². The number of hydrogen-bond donors (Lipinski definition) is 3. The highest BCUT2D eigenvalue weighted by molar-refractivity contribution is 6.37. The van der Waals surface area contributed by atoms with Crippen LogP contribution in [0, 0.1) is 5.92 Å². The summed E-state index contributed by atoms with van der Waals surface area (Å²) in [5, 5.41) is 14.1. The maximum Gasteiger partial charge on any atom is 0.194 e. The summed E-state index contributed by atoms with van der Waals surface area (Å²) in [5.74, 6) is 1.63. The number of ether oxygens (including phenoxy) is 1. The highest BCUT2D eigenvalue weighted by Crippen LogP contribution is 2.37. The van der Waals surface area contributed by atoms with Gasteiger partial charge in [-0.2, -0.15) is 0 Å². The van der Waals surface area contributed by atoms with Gasteiger partial charge in [-0.25, -0.2) is 0 Å². The second-order valence-corrected chi connectivity index (χ2v) is 6.87. The van der Waals surface area contributed by atoms with Crippen molar-refractivity contribution >= 4 is 28.9 Å². The van der Waals surface area contributed by atoms with Crippen molar-refractivity contribution in [3.05, 3.63) is 46.0 Å². The van der Waals surface area contributed by atoms with E-state index >= 15 is 0 Å². The first-order valence-electron chi connectivity index (χ1n) is 7.84. The van der Waals surface area contributed by atoms with Gasteiger partial charge >= 0.3 is 0 Å². The van der Waals surface area contributed by atoms with Gasteiger partial charge in [0.2, 0.25) is 0 Å². The standard InChI is InChI=1S/C17H20Cl2N2O2/c18-12-8-11(20)9-13(19)17(12)23-15-7-6-14(22)16(21-15)10-4-2-1-3-5-10/h6-10,16,21-22H,1-5,20H2. The fourth-order valence-electron chi connectivity index (χ4n) is 3.22. The zero-order valence-corrected chi connectivity index (χ0v) is 14.2. The minimum absolute atomic E-state index is 0.123. The Kier molecular flexibility index (Phi) is 4.93. The van der Waals surface area contributed by atoms with E-state index in [1.165, 1.54) is 19.3 Å². The summed E-state index contributed by atoms with van der Waals surface area (Å²) in [6, 6.07) is 3.07. The van der Waals surface area contributed by atoms with Crippen LogP contribution in [0.1, 0.15) is 32.1 Å². The SMILES string of the molecule is Nc1cc(Cl)c(OC2=CC=C(O)C(C3CCCCC3)N2)c(Cl)c1. The van der Waals surface area contributed by atoms with Gasteiger partial charge in [0.05, 0.1) is 16.1 Å². The summed E-state index contributed by atoms with van der Waals surface area (Å²) in [7, 11) is 0. The number of anilines is 1. The predicted molar refractivity (Wildman–Crippen MR) is 93.8 cm³/mol. The van der Waals surface area contributed by atoms with E-state index in [0.717, 1.165) is 12.8 Å². The molecule has 0 aromatic heterocycles. The van der Waals surface area contributed by atoms with Gasteiger partial charge in [-0.15, -0.1) is 0 Å². The zero-order chi connectivity index (χ0) is 16.4. The third kappa shape index (κ3) is 3.70. The van der Waals surface area contributed by atoms with Crippen molar-refractivity contribution < 1.29 is 9.84 Å². The molecule has 1 saturated carbocycles. The number of halogens is 2. The summed E-state index contributed by atoms with van der Waals surface area (Å²) in [4.78, 5) is 0. The molecule has 0 saturated heterocycles. The van der Waals surface area contributed by atoms with Crippen LogP contribution in [0.25, 0.3) is 0 Å². The van der Waals surface area contributed by atoms with Gasteiger partial charge in [0, 0.05) is 11.8 Å². The van der Waals surface area contributed by atoms with Crippen LogP contribution in [0.3, 0.4) is 0 Å². The Morgan fingerprint density at radius 2 is 1.74 bits per heavy atom. The average Bonchev–Trinajstić information content (AvgIpc) is 2.53. The number of aliphatic hydroxyl groups is 1. The fourth-order valence-corrected chi connectivity index (χ4v) is 3.80. The Labute approximate surface area is 145 Å². The molecule has 1 heterocycles. The number of hydrogen-bond acceptors (Lipinski definition) is 4. The minimum Gasteiger partial charge on any atom is -0.510 e. The number of aliphatic hydroxyl groups excluding tert-OH is 1. The minimum atomic E-state index is -0.123. The normalized spacial score (nSPS) is 22.1. The topological polar surface area (TPSA) is 67.5 Å². The lowest BCUT2D eigenvalue weighted by molar-refractivity contribution is 0.218. The summed E-state index contributed by atoms with van der Waals surface area (Å²) < 4.78 is 5.82. The van der Waals surface area contributed by atoms with Crippen LogP contribution in [0.4, 0.5) is 5.69 Å². The number of rotatable bonds is 3. The molecule has 1 aromatic carbocycles. The third-order valence-electron chi connectivity index (χ3n) is 4.38. The summed E-state index contributed by atoms with van der Waals surface area (Å²) in [5.41, 5.74) is 6.18. The maximum absolute atomic E-state index is 10.2. The van der Waals surface area contributed by atoms with Crippen molar-refractivity contribution in [1.29, 1.82) is 0 Å². The van der Waals surface area contributed by atoms with Gasteiger partial charge in [-0.05, 0) is 37.0 Å². The van der Waals surface area contributed by atoms with Crippen molar-refractivity contribution in [1.82, 2.24) is 5.32 Å². The molecule has 0 amide bonds. The van der Waals surface area contributed by atoms with Crippen LogP contribution >= 0.6 is 23.2 Å². The van der Waals surface area contributed by atoms with Crippen LogP contribution in [0.5, 0.6) is 5.75 Å². The first kappa shape index (κ1) is 16.3. The fraction of sp³-hybridized carbons (Fsp3) is 0.412. The smallest absolute Gasteiger partial charge is 0.194 e. The Bertz CT molecular complexity index is 629. The predicted octanol–water partition coefficient (Wildman–Crippen LogP) is 4.79. The Balaban J connectivity index is 1.76. The molecule has 3 rings (SSSR count). The van der Waals surface area contributed by atoms with E-state index in [9.17, 15) is 5.11 Å². The molecule has 0 radical (unpaired) electrons. The highest BCUT2D eigenvalue weighted by atomic mass is 35.5. The Morgan fingerprint density at radius 3 is 2.39 bits per heavy atom. The molecule has 1 unspecified atom stereocenters. The number of allylic oxidation sites excluding steroid dienone is 2. The molecular formula is C17H20Cl2N2O2. The number of benzene rings is 1. The largest absolute Gasteiger partial charge is 0.510 e. The first-order chi connectivity index (χ1) is 11.0. The maximum atomic E-state index is 10.2. The summed E-state index contributed by atoms with van der Waals surface area (Å²) in [6.07, 6.45) is 9.22. The van der Waals surface area contributed by atoms with Gasteiger partial charge in [0.1, 0.15) is 5.76 Å². The van der Waals surface area contributed by atoms with Crippen LogP contribution < -0.4 is 15.8 Å². The molecule has 1 atom stereocenters. The molecular weight excluding hydrogens is 335 g/mol.